The molecule has 6 heteroatoms. The molecule has 6 nitrogen and oxygen atoms in total. The van der Waals surface area contributed by atoms with Crippen LogP contribution in [-0.4, -0.2) is 47.8 Å². The van der Waals surface area contributed by atoms with Gasteiger partial charge in [-0.2, -0.15) is 0 Å². The van der Waals surface area contributed by atoms with E-state index in [1.165, 1.54) is 11.8 Å². The molecule has 18 heavy (non-hydrogen) atoms. The second-order valence-corrected chi connectivity index (χ2v) is 4.42. The molecule has 0 unspecified atom stereocenters. The van der Waals surface area contributed by atoms with Crippen LogP contribution in [0, 0.1) is 0 Å². The molecule has 1 fully saturated rings. The lowest BCUT2D eigenvalue weighted by molar-refractivity contribution is -0.147. The predicted molar refractivity (Wildman–Crippen MR) is 64.6 cm³/mol. The highest BCUT2D eigenvalue weighted by Gasteiger charge is 2.33. The number of carbonyl (C=O) groups excluding carboxylic acids is 3. The van der Waals surface area contributed by atoms with Crippen molar-refractivity contribution in [2.45, 2.75) is 45.2 Å². The van der Waals surface area contributed by atoms with Gasteiger partial charge in [-0.15, -0.1) is 0 Å². The summed E-state index contributed by atoms with van der Waals surface area (Å²) in [5.41, 5.74) is 5.59. The molecule has 1 amide bonds. The zero-order chi connectivity index (χ0) is 13.7. The SMILES string of the molecule is CCOC(=O)[C@@H](N)CC(=O)N1CCC[C@@H]1C(C)=O. The molecular formula is C12H20N2O4. The number of esters is 1. The second kappa shape index (κ2) is 6.49. The monoisotopic (exact) mass is 256 g/mol. The first-order valence-electron chi connectivity index (χ1n) is 6.19. The number of ether oxygens (including phenoxy) is 1. The lowest BCUT2D eigenvalue weighted by Crippen LogP contribution is -2.44. The van der Waals surface area contributed by atoms with Gasteiger partial charge in [-0.3, -0.25) is 14.4 Å². The first kappa shape index (κ1) is 14.6. The Labute approximate surface area is 106 Å². The molecule has 1 aliphatic heterocycles. The van der Waals surface area contributed by atoms with Crippen molar-refractivity contribution in [3.05, 3.63) is 0 Å². The number of nitrogens with zero attached hydrogens (tertiary/aromatic N) is 1. The van der Waals surface area contributed by atoms with Crippen molar-refractivity contribution >= 4 is 17.7 Å². The Kier molecular flexibility index (Phi) is 5.27. The van der Waals surface area contributed by atoms with Gasteiger partial charge in [-0.25, -0.2) is 0 Å². The topological polar surface area (TPSA) is 89.7 Å². The fourth-order valence-electron chi connectivity index (χ4n) is 2.13. The van der Waals surface area contributed by atoms with Crippen LogP contribution in [0.15, 0.2) is 0 Å². The maximum Gasteiger partial charge on any atom is 0.323 e. The maximum absolute atomic E-state index is 12.0. The summed E-state index contributed by atoms with van der Waals surface area (Å²) < 4.78 is 4.74. The third kappa shape index (κ3) is 3.53. The average molecular weight is 256 g/mol. The van der Waals surface area contributed by atoms with E-state index in [1.54, 1.807) is 6.92 Å². The highest BCUT2D eigenvalue weighted by Crippen LogP contribution is 2.19. The summed E-state index contributed by atoms with van der Waals surface area (Å²) in [6, 6.07) is -1.31. The van der Waals surface area contributed by atoms with Gasteiger partial charge in [0.1, 0.15) is 6.04 Å². The molecule has 0 aliphatic carbocycles. The van der Waals surface area contributed by atoms with Gasteiger partial charge in [-0.1, -0.05) is 0 Å². The molecule has 0 aromatic rings. The molecule has 1 heterocycles. The molecule has 0 aromatic carbocycles. The van der Waals surface area contributed by atoms with Crippen LogP contribution >= 0.6 is 0 Å². The zero-order valence-electron chi connectivity index (χ0n) is 10.8. The minimum absolute atomic E-state index is 0.0226. The number of nitrogens with two attached hydrogens (primary N) is 1. The van der Waals surface area contributed by atoms with Gasteiger partial charge in [-0.05, 0) is 26.7 Å². The van der Waals surface area contributed by atoms with E-state index in [2.05, 4.69) is 0 Å². The number of ketones is 1. The largest absolute Gasteiger partial charge is 0.465 e. The van der Waals surface area contributed by atoms with Gasteiger partial charge in [0.05, 0.1) is 19.1 Å². The first-order valence-corrected chi connectivity index (χ1v) is 6.19. The number of carbonyl (C=O) groups is 3. The fourth-order valence-corrected chi connectivity index (χ4v) is 2.13. The zero-order valence-corrected chi connectivity index (χ0v) is 10.8. The van der Waals surface area contributed by atoms with Gasteiger partial charge in [0.15, 0.2) is 5.78 Å². The normalized spacial score (nSPS) is 20.6. The van der Waals surface area contributed by atoms with Crippen molar-refractivity contribution < 1.29 is 19.1 Å². The Hall–Kier alpha value is -1.43. The maximum atomic E-state index is 12.0. The summed E-state index contributed by atoms with van der Waals surface area (Å²) in [7, 11) is 0. The molecule has 1 saturated heterocycles. The Morgan fingerprint density at radius 1 is 1.44 bits per heavy atom. The molecule has 0 radical (unpaired) electrons. The molecule has 0 bridgehead atoms. The molecule has 2 atom stereocenters. The number of Topliss-reactive ketones (excluding diaryl/α,β-unsaturated/α-hetero) is 1. The highest BCUT2D eigenvalue weighted by molar-refractivity contribution is 5.90. The smallest absolute Gasteiger partial charge is 0.323 e. The van der Waals surface area contributed by atoms with Gasteiger partial charge in [0, 0.05) is 6.54 Å². The minimum atomic E-state index is -0.953. The van der Waals surface area contributed by atoms with E-state index in [1.807, 2.05) is 0 Å². The summed E-state index contributed by atoms with van der Waals surface area (Å²) in [4.78, 5) is 36.2. The predicted octanol–water partition coefficient (Wildman–Crippen LogP) is -0.153. The van der Waals surface area contributed by atoms with E-state index in [-0.39, 0.29) is 30.8 Å². The number of hydrogen-bond acceptors (Lipinski definition) is 5. The van der Waals surface area contributed by atoms with Crippen LogP contribution in [0.3, 0.4) is 0 Å². The fraction of sp³-hybridized carbons (Fsp3) is 0.750. The third-order valence-corrected chi connectivity index (χ3v) is 3.03. The van der Waals surface area contributed by atoms with Crippen LogP contribution in [0.5, 0.6) is 0 Å². The summed E-state index contributed by atoms with van der Waals surface area (Å²) in [5.74, 6) is -0.858. The van der Waals surface area contributed by atoms with Crippen LogP contribution in [0.4, 0.5) is 0 Å². The summed E-state index contributed by atoms with van der Waals surface area (Å²) >= 11 is 0. The van der Waals surface area contributed by atoms with Crippen LogP contribution in [0.1, 0.15) is 33.1 Å². The Balaban J connectivity index is 2.54. The van der Waals surface area contributed by atoms with Crippen molar-refractivity contribution in [1.82, 2.24) is 4.90 Å². The lowest BCUT2D eigenvalue weighted by Gasteiger charge is -2.23. The van der Waals surface area contributed by atoms with Crippen LogP contribution < -0.4 is 5.73 Å². The van der Waals surface area contributed by atoms with E-state index in [9.17, 15) is 14.4 Å². The van der Waals surface area contributed by atoms with Crippen LogP contribution in [-0.2, 0) is 19.1 Å². The molecule has 1 aliphatic rings. The minimum Gasteiger partial charge on any atom is -0.465 e. The summed E-state index contributed by atoms with van der Waals surface area (Å²) in [5, 5.41) is 0. The molecule has 0 spiro atoms. The third-order valence-electron chi connectivity index (χ3n) is 3.03. The molecular weight excluding hydrogens is 236 g/mol. The number of likely N-dealkylation sites (tertiary alicyclic amines) is 1. The molecule has 1 rings (SSSR count). The van der Waals surface area contributed by atoms with Gasteiger partial charge in [0.2, 0.25) is 5.91 Å². The van der Waals surface area contributed by atoms with Crippen molar-refractivity contribution in [2.75, 3.05) is 13.2 Å². The van der Waals surface area contributed by atoms with Crippen LogP contribution in [0.2, 0.25) is 0 Å². The van der Waals surface area contributed by atoms with E-state index in [4.69, 9.17) is 10.5 Å². The van der Waals surface area contributed by atoms with Crippen molar-refractivity contribution in [3.8, 4) is 0 Å². The molecule has 102 valence electrons. The average Bonchev–Trinajstić information content (AvgIpc) is 2.78. The Morgan fingerprint density at radius 2 is 2.11 bits per heavy atom. The van der Waals surface area contributed by atoms with Crippen molar-refractivity contribution in [3.63, 3.8) is 0 Å². The van der Waals surface area contributed by atoms with Crippen molar-refractivity contribution in [1.29, 1.82) is 0 Å². The quantitative estimate of drug-likeness (QED) is 0.691. The second-order valence-electron chi connectivity index (χ2n) is 4.42. The van der Waals surface area contributed by atoms with Gasteiger partial charge in [0.25, 0.3) is 0 Å². The molecule has 0 aromatic heterocycles. The van der Waals surface area contributed by atoms with E-state index in [0.717, 1.165) is 6.42 Å². The number of rotatable bonds is 5. The number of amides is 1. The number of hydrogen-bond donors (Lipinski definition) is 1. The lowest BCUT2D eigenvalue weighted by atomic mass is 10.1. The summed E-state index contributed by atoms with van der Waals surface area (Å²) in [6.07, 6.45) is 1.39. The summed E-state index contributed by atoms with van der Waals surface area (Å²) in [6.45, 7) is 3.94. The van der Waals surface area contributed by atoms with E-state index in [0.29, 0.717) is 13.0 Å². The standard InChI is InChI=1S/C12H20N2O4/c1-3-18-12(17)9(13)7-11(16)14-6-4-5-10(14)8(2)15/h9-10H,3-7,13H2,1-2H3/t9-,10+/m0/s1. The first-order chi connectivity index (χ1) is 8.47. The van der Waals surface area contributed by atoms with Crippen LogP contribution in [0.25, 0.3) is 0 Å². The van der Waals surface area contributed by atoms with Gasteiger partial charge < -0.3 is 15.4 Å². The highest BCUT2D eigenvalue weighted by atomic mass is 16.5. The molecule has 2 N–H and O–H groups in total. The van der Waals surface area contributed by atoms with Crippen molar-refractivity contribution in [2.24, 2.45) is 5.73 Å². The van der Waals surface area contributed by atoms with E-state index < -0.39 is 12.0 Å². The Morgan fingerprint density at radius 3 is 2.67 bits per heavy atom. The Bertz CT molecular complexity index is 343. The van der Waals surface area contributed by atoms with Gasteiger partial charge >= 0.3 is 5.97 Å². The van der Waals surface area contributed by atoms with E-state index >= 15 is 0 Å². The molecule has 0 saturated carbocycles.